The van der Waals surface area contributed by atoms with E-state index in [9.17, 15) is 8.42 Å². The minimum Gasteiger partial charge on any atom is -0.228 e. The van der Waals surface area contributed by atoms with E-state index in [1.165, 1.54) is 0 Å². The van der Waals surface area contributed by atoms with Gasteiger partial charge in [0.1, 0.15) is 0 Å². The van der Waals surface area contributed by atoms with Gasteiger partial charge in [-0.25, -0.2) is 8.42 Å². The lowest BCUT2D eigenvalue weighted by molar-refractivity contribution is 0.580. The molecular weight excluding hydrogens is 276 g/mol. The Kier molecular flexibility index (Phi) is 4.34. The van der Waals surface area contributed by atoms with E-state index in [0.717, 1.165) is 10.0 Å². The van der Waals surface area contributed by atoms with Crippen LogP contribution in [-0.4, -0.2) is 13.7 Å². The zero-order valence-electron chi connectivity index (χ0n) is 8.90. The molecule has 1 rings (SSSR count). The van der Waals surface area contributed by atoms with E-state index in [0.29, 0.717) is 6.42 Å². The van der Waals surface area contributed by atoms with Crippen molar-refractivity contribution in [3.8, 4) is 0 Å². The molecule has 0 amide bonds. The van der Waals surface area contributed by atoms with E-state index in [4.69, 9.17) is 0 Å². The maximum absolute atomic E-state index is 11.8. The first-order valence-corrected chi connectivity index (χ1v) is 7.42. The zero-order chi connectivity index (χ0) is 11.5. The second-order valence-corrected chi connectivity index (χ2v) is 6.99. The zero-order valence-corrected chi connectivity index (χ0v) is 11.3. The van der Waals surface area contributed by atoms with Crippen molar-refractivity contribution in [3.05, 3.63) is 34.3 Å². The number of sulfone groups is 1. The Bertz CT molecular complexity index is 409. The number of hydrogen-bond acceptors (Lipinski definition) is 2. The fourth-order valence-electron chi connectivity index (χ4n) is 1.21. The Morgan fingerprint density at radius 3 is 2.27 bits per heavy atom. The summed E-state index contributed by atoms with van der Waals surface area (Å²) >= 11 is 3.32. The molecule has 0 N–H and O–H groups in total. The number of rotatable bonds is 4. The van der Waals surface area contributed by atoms with Crippen LogP contribution < -0.4 is 0 Å². The van der Waals surface area contributed by atoms with Gasteiger partial charge in [-0.15, -0.1) is 0 Å². The highest BCUT2D eigenvalue weighted by molar-refractivity contribution is 9.10. The number of halogens is 1. The lowest BCUT2D eigenvalue weighted by Gasteiger charge is -2.10. The van der Waals surface area contributed by atoms with E-state index < -0.39 is 9.84 Å². The average molecular weight is 291 g/mol. The predicted octanol–water partition coefficient (Wildman–Crippen LogP) is 3.16. The van der Waals surface area contributed by atoms with Crippen molar-refractivity contribution in [3.63, 3.8) is 0 Å². The van der Waals surface area contributed by atoms with Gasteiger partial charge in [-0.2, -0.15) is 0 Å². The van der Waals surface area contributed by atoms with Crippen molar-refractivity contribution in [1.82, 2.24) is 0 Å². The molecule has 0 unspecified atom stereocenters. The second kappa shape index (κ2) is 5.12. The fourth-order valence-corrected chi connectivity index (χ4v) is 2.92. The molecule has 84 valence electrons. The van der Waals surface area contributed by atoms with Gasteiger partial charge in [0, 0.05) is 4.47 Å². The third kappa shape index (κ3) is 3.61. The molecule has 0 aliphatic heterocycles. The first-order valence-electron chi connectivity index (χ1n) is 4.91. The van der Waals surface area contributed by atoms with Gasteiger partial charge in [-0.1, -0.05) is 35.0 Å². The molecule has 0 aromatic heterocycles. The molecule has 2 nitrogen and oxygen atoms in total. The Morgan fingerprint density at radius 2 is 1.80 bits per heavy atom. The summed E-state index contributed by atoms with van der Waals surface area (Å²) in [5, 5.41) is -0.263. The molecule has 1 atom stereocenters. The van der Waals surface area contributed by atoms with E-state index in [2.05, 4.69) is 15.9 Å². The molecule has 4 heteroatoms. The van der Waals surface area contributed by atoms with Gasteiger partial charge in [0.05, 0.1) is 11.0 Å². The Balaban J connectivity index is 2.82. The van der Waals surface area contributed by atoms with Crippen LogP contribution in [0.5, 0.6) is 0 Å². The molecule has 0 heterocycles. The Hall–Kier alpha value is -0.350. The smallest absolute Gasteiger partial charge is 0.157 e. The highest BCUT2D eigenvalue weighted by atomic mass is 79.9. The van der Waals surface area contributed by atoms with Crippen LogP contribution in [0, 0.1) is 0 Å². The van der Waals surface area contributed by atoms with Crippen molar-refractivity contribution in [2.24, 2.45) is 0 Å². The first kappa shape index (κ1) is 12.7. The standard InChI is InChI=1S/C11H15BrO2S/c1-3-9(2)15(13,14)8-10-4-6-11(12)7-5-10/h4-7,9H,3,8H2,1-2H3/t9-/m0/s1. The van der Waals surface area contributed by atoms with Gasteiger partial charge >= 0.3 is 0 Å². The lowest BCUT2D eigenvalue weighted by Crippen LogP contribution is -2.18. The molecular formula is C11H15BrO2S. The monoisotopic (exact) mass is 290 g/mol. The molecule has 0 aliphatic carbocycles. The first-order chi connectivity index (χ1) is 6.95. The van der Waals surface area contributed by atoms with Crippen molar-refractivity contribution in [1.29, 1.82) is 0 Å². The molecule has 0 radical (unpaired) electrons. The van der Waals surface area contributed by atoms with Crippen molar-refractivity contribution in [2.45, 2.75) is 31.3 Å². The molecule has 0 saturated carbocycles. The average Bonchev–Trinajstić information content (AvgIpc) is 2.20. The van der Waals surface area contributed by atoms with Crippen LogP contribution in [0.25, 0.3) is 0 Å². The van der Waals surface area contributed by atoms with Crippen molar-refractivity contribution < 1.29 is 8.42 Å². The maximum atomic E-state index is 11.8. The second-order valence-electron chi connectivity index (χ2n) is 3.65. The Labute approximate surface area is 99.7 Å². The van der Waals surface area contributed by atoms with Crippen LogP contribution >= 0.6 is 15.9 Å². The van der Waals surface area contributed by atoms with Crippen LogP contribution in [0.4, 0.5) is 0 Å². The summed E-state index contributed by atoms with van der Waals surface area (Å²) in [5.41, 5.74) is 0.846. The van der Waals surface area contributed by atoms with Crippen LogP contribution in [0.1, 0.15) is 25.8 Å². The largest absolute Gasteiger partial charge is 0.228 e. The number of benzene rings is 1. The SMILES string of the molecule is CC[C@H](C)S(=O)(=O)Cc1ccc(Br)cc1. The van der Waals surface area contributed by atoms with Gasteiger partial charge < -0.3 is 0 Å². The van der Waals surface area contributed by atoms with Gasteiger partial charge in [-0.05, 0) is 31.0 Å². The number of hydrogen-bond donors (Lipinski definition) is 0. The molecule has 0 aliphatic rings. The summed E-state index contributed by atoms with van der Waals surface area (Å²) < 4.78 is 24.6. The van der Waals surface area contributed by atoms with Crippen LogP contribution in [0.15, 0.2) is 28.7 Å². The van der Waals surface area contributed by atoms with Gasteiger partial charge in [0.2, 0.25) is 0 Å². The summed E-state index contributed by atoms with van der Waals surface area (Å²) in [6, 6.07) is 7.40. The quantitative estimate of drug-likeness (QED) is 0.854. The topological polar surface area (TPSA) is 34.1 Å². The fraction of sp³-hybridized carbons (Fsp3) is 0.455. The molecule has 0 bridgehead atoms. The summed E-state index contributed by atoms with van der Waals surface area (Å²) in [7, 11) is -2.99. The third-order valence-electron chi connectivity index (χ3n) is 2.47. The minimum atomic E-state index is -2.99. The summed E-state index contributed by atoms with van der Waals surface area (Å²) in [6.07, 6.45) is 0.666. The maximum Gasteiger partial charge on any atom is 0.157 e. The predicted molar refractivity (Wildman–Crippen MR) is 66.5 cm³/mol. The summed E-state index contributed by atoms with van der Waals surface area (Å²) in [4.78, 5) is 0. The minimum absolute atomic E-state index is 0.134. The van der Waals surface area contributed by atoms with E-state index >= 15 is 0 Å². The van der Waals surface area contributed by atoms with Crippen molar-refractivity contribution in [2.75, 3.05) is 0 Å². The highest BCUT2D eigenvalue weighted by Gasteiger charge is 2.19. The summed E-state index contributed by atoms with van der Waals surface area (Å²) in [6.45, 7) is 3.65. The molecule has 0 spiro atoms. The normalized spacial score (nSPS) is 13.8. The van der Waals surface area contributed by atoms with Gasteiger partial charge in [0.15, 0.2) is 9.84 Å². The molecule has 15 heavy (non-hydrogen) atoms. The van der Waals surface area contributed by atoms with Gasteiger partial charge in [-0.3, -0.25) is 0 Å². The van der Waals surface area contributed by atoms with Crippen molar-refractivity contribution >= 4 is 25.8 Å². The molecule has 1 aromatic rings. The third-order valence-corrected chi connectivity index (χ3v) is 5.29. The Morgan fingerprint density at radius 1 is 1.27 bits per heavy atom. The van der Waals surface area contributed by atoms with Gasteiger partial charge in [0.25, 0.3) is 0 Å². The van der Waals surface area contributed by atoms with E-state index in [-0.39, 0.29) is 11.0 Å². The summed E-state index contributed by atoms with van der Waals surface area (Å²) in [5.74, 6) is 0.134. The molecule has 1 aromatic carbocycles. The highest BCUT2D eigenvalue weighted by Crippen LogP contribution is 2.16. The van der Waals surface area contributed by atoms with E-state index in [1.807, 2.05) is 31.2 Å². The lowest BCUT2D eigenvalue weighted by atomic mass is 10.2. The van der Waals surface area contributed by atoms with E-state index in [1.54, 1.807) is 6.92 Å². The van der Waals surface area contributed by atoms with Crippen LogP contribution in [0.3, 0.4) is 0 Å². The van der Waals surface area contributed by atoms with Crippen LogP contribution in [0.2, 0.25) is 0 Å². The molecule has 0 saturated heterocycles. The van der Waals surface area contributed by atoms with Crippen LogP contribution in [-0.2, 0) is 15.6 Å². The molecule has 0 fully saturated rings.